The molecule has 0 spiro atoms. The lowest BCUT2D eigenvalue weighted by Crippen LogP contribution is -2.24. The van der Waals surface area contributed by atoms with Crippen LogP contribution in [0, 0.1) is 6.92 Å². The number of rotatable bonds is 6. The van der Waals surface area contributed by atoms with Crippen LogP contribution in [0.3, 0.4) is 0 Å². The molecule has 2 aromatic heterocycles. The van der Waals surface area contributed by atoms with E-state index in [1.807, 2.05) is 25.3 Å². The maximum Gasteiger partial charge on any atom is 0.261 e. The number of pyridine rings is 2. The predicted molar refractivity (Wildman–Crippen MR) is 107 cm³/mol. The van der Waals surface area contributed by atoms with Crippen LogP contribution in [0.25, 0.3) is 11.0 Å². The van der Waals surface area contributed by atoms with Crippen LogP contribution in [0.1, 0.15) is 36.3 Å². The van der Waals surface area contributed by atoms with Crippen LogP contribution in [0.2, 0.25) is 0 Å². The van der Waals surface area contributed by atoms with Crippen LogP contribution < -0.4 is 15.5 Å². The molecule has 2 heterocycles. The highest BCUT2D eigenvalue weighted by molar-refractivity contribution is 6.05. The molecule has 0 saturated heterocycles. The number of nitrogens with one attached hydrogen (secondary N) is 1. The number of carbonyl (C=O) groups is 1. The first kappa shape index (κ1) is 18.6. The molecule has 0 aliphatic carbocycles. The monoisotopic (exact) mass is 365 g/mol. The number of benzene rings is 1. The van der Waals surface area contributed by atoms with Gasteiger partial charge in [-0.1, -0.05) is 6.92 Å². The van der Waals surface area contributed by atoms with E-state index >= 15 is 0 Å². The van der Waals surface area contributed by atoms with Crippen molar-refractivity contribution >= 4 is 22.6 Å². The van der Waals surface area contributed by atoms with Crippen LogP contribution in [-0.2, 0) is 6.54 Å². The van der Waals surface area contributed by atoms with Gasteiger partial charge in [-0.3, -0.25) is 9.59 Å². The summed E-state index contributed by atoms with van der Waals surface area (Å²) in [5, 5.41) is 3.24. The van der Waals surface area contributed by atoms with Gasteiger partial charge in [-0.05, 0) is 56.7 Å². The Labute approximate surface area is 157 Å². The van der Waals surface area contributed by atoms with E-state index < -0.39 is 5.91 Å². The number of fused-ring (bicyclic) bond motifs is 1. The minimum Gasteiger partial charge on any atom is -0.494 e. The van der Waals surface area contributed by atoms with Crippen molar-refractivity contribution in [1.82, 2.24) is 9.55 Å². The highest BCUT2D eigenvalue weighted by Crippen LogP contribution is 2.17. The molecule has 3 aromatic rings. The summed E-state index contributed by atoms with van der Waals surface area (Å²) < 4.78 is 7.27. The van der Waals surface area contributed by atoms with E-state index in [2.05, 4.69) is 10.3 Å². The Balaban J connectivity index is 1.97. The molecule has 0 atom stereocenters. The minimum atomic E-state index is -0.434. The first-order valence-electron chi connectivity index (χ1n) is 9.08. The number of aromatic nitrogens is 2. The van der Waals surface area contributed by atoms with Gasteiger partial charge in [-0.25, -0.2) is 4.98 Å². The number of aryl methyl sites for hydroxylation is 2. The topological polar surface area (TPSA) is 73.2 Å². The van der Waals surface area contributed by atoms with E-state index in [1.54, 1.807) is 42.6 Å². The molecular formula is C21H23N3O3. The summed E-state index contributed by atoms with van der Waals surface area (Å²) >= 11 is 0. The lowest BCUT2D eigenvalue weighted by atomic mass is 10.1. The number of hydrogen-bond acceptors (Lipinski definition) is 4. The third-order valence-corrected chi connectivity index (χ3v) is 4.19. The molecular weight excluding hydrogens is 342 g/mol. The van der Waals surface area contributed by atoms with E-state index in [9.17, 15) is 9.59 Å². The summed E-state index contributed by atoms with van der Waals surface area (Å²) in [4.78, 5) is 30.1. The van der Waals surface area contributed by atoms with Crippen LogP contribution in [0.5, 0.6) is 5.75 Å². The Kier molecular flexibility index (Phi) is 5.54. The van der Waals surface area contributed by atoms with E-state index in [1.165, 1.54) is 0 Å². The molecule has 1 aromatic carbocycles. The summed E-state index contributed by atoms with van der Waals surface area (Å²) in [5.41, 5.74) is 1.84. The number of hydrogen-bond donors (Lipinski definition) is 1. The van der Waals surface area contributed by atoms with Crippen molar-refractivity contribution < 1.29 is 9.53 Å². The van der Waals surface area contributed by atoms with Crippen molar-refractivity contribution in [2.75, 3.05) is 11.9 Å². The fourth-order valence-corrected chi connectivity index (χ4v) is 2.93. The third-order valence-electron chi connectivity index (χ3n) is 4.19. The Morgan fingerprint density at radius 1 is 1.15 bits per heavy atom. The lowest BCUT2D eigenvalue weighted by molar-refractivity contribution is 0.102. The normalized spacial score (nSPS) is 10.8. The molecule has 0 aliphatic heterocycles. The summed E-state index contributed by atoms with van der Waals surface area (Å²) in [7, 11) is 0. The maximum absolute atomic E-state index is 12.8. The molecule has 27 heavy (non-hydrogen) atoms. The summed E-state index contributed by atoms with van der Waals surface area (Å²) in [6.45, 7) is 7.09. The van der Waals surface area contributed by atoms with Crippen LogP contribution in [0.15, 0.2) is 47.4 Å². The molecule has 1 N–H and O–H groups in total. The number of anilines is 1. The average molecular weight is 365 g/mol. The number of nitrogens with zero attached hydrogens (tertiary/aromatic N) is 2. The summed E-state index contributed by atoms with van der Waals surface area (Å²) in [6.07, 6.45) is 2.47. The van der Waals surface area contributed by atoms with Crippen molar-refractivity contribution in [3.05, 3.63) is 64.1 Å². The van der Waals surface area contributed by atoms with E-state index in [0.717, 1.165) is 17.9 Å². The summed E-state index contributed by atoms with van der Waals surface area (Å²) in [5.74, 6) is 0.296. The standard InChI is InChI=1S/C21H23N3O3/c1-4-12-24-13-18(19(25)17-11-6-14(3)22-20(17)24)21(26)23-15-7-9-16(10-8-15)27-5-2/h6-11,13H,4-5,12H2,1-3H3,(H,23,26). The molecule has 0 fully saturated rings. The van der Waals surface area contributed by atoms with Gasteiger partial charge in [0.2, 0.25) is 5.43 Å². The molecule has 6 heteroatoms. The Bertz CT molecular complexity index is 1020. The molecule has 0 radical (unpaired) electrons. The number of ether oxygens (including phenoxy) is 1. The van der Waals surface area contributed by atoms with Gasteiger partial charge >= 0.3 is 0 Å². The van der Waals surface area contributed by atoms with Gasteiger partial charge in [0.1, 0.15) is 17.0 Å². The zero-order valence-electron chi connectivity index (χ0n) is 15.8. The SMILES string of the molecule is CCCn1cc(C(=O)Nc2ccc(OCC)cc2)c(=O)c2ccc(C)nc21. The molecule has 1 amide bonds. The van der Waals surface area contributed by atoms with Crippen molar-refractivity contribution in [3.8, 4) is 5.75 Å². The smallest absolute Gasteiger partial charge is 0.261 e. The molecule has 3 rings (SSSR count). The Morgan fingerprint density at radius 2 is 1.89 bits per heavy atom. The van der Waals surface area contributed by atoms with Gasteiger partial charge in [0.15, 0.2) is 0 Å². The quantitative estimate of drug-likeness (QED) is 0.722. The van der Waals surface area contributed by atoms with E-state index in [0.29, 0.717) is 29.9 Å². The first-order valence-corrected chi connectivity index (χ1v) is 9.08. The van der Waals surface area contributed by atoms with Crippen molar-refractivity contribution in [1.29, 1.82) is 0 Å². The zero-order valence-corrected chi connectivity index (χ0v) is 15.8. The molecule has 0 saturated carbocycles. The van der Waals surface area contributed by atoms with Gasteiger partial charge in [-0.2, -0.15) is 0 Å². The van der Waals surface area contributed by atoms with Gasteiger partial charge in [-0.15, -0.1) is 0 Å². The predicted octanol–water partition coefficient (Wildman–Crippen LogP) is 3.77. The fraction of sp³-hybridized carbons (Fsp3) is 0.286. The Hall–Kier alpha value is -3.15. The molecule has 6 nitrogen and oxygen atoms in total. The second-order valence-corrected chi connectivity index (χ2v) is 6.30. The third kappa shape index (κ3) is 4.00. The van der Waals surface area contributed by atoms with Crippen molar-refractivity contribution in [2.45, 2.75) is 33.7 Å². The second-order valence-electron chi connectivity index (χ2n) is 6.30. The zero-order chi connectivity index (χ0) is 19.4. The number of carbonyl (C=O) groups excluding carboxylic acids is 1. The number of amides is 1. The average Bonchev–Trinajstić information content (AvgIpc) is 2.65. The fourth-order valence-electron chi connectivity index (χ4n) is 2.93. The largest absolute Gasteiger partial charge is 0.494 e. The van der Waals surface area contributed by atoms with Gasteiger partial charge in [0.25, 0.3) is 5.91 Å². The summed E-state index contributed by atoms with van der Waals surface area (Å²) in [6, 6.07) is 10.6. The van der Waals surface area contributed by atoms with Crippen LogP contribution in [0.4, 0.5) is 5.69 Å². The van der Waals surface area contributed by atoms with Crippen molar-refractivity contribution in [2.24, 2.45) is 0 Å². The van der Waals surface area contributed by atoms with Crippen LogP contribution in [-0.4, -0.2) is 22.1 Å². The van der Waals surface area contributed by atoms with Crippen molar-refractivity contribution in [3.63, 3.8) is 0 Å². The van der Waals surface area contributed by atoms with Gasteiger partial charge in [0, 0.05) is 24.1 Å². The first-order chi connectivity index (χ1) is 13.0. The molecule has 0 bridgehead atoms. The van der Waals surface area contributed by atoms with E-state index in [-0.39, 0.29) is 11.0 Å². The second kappa shape index (κ2) is 8.03. The highest BCUT2D eigenvalue weighted by Gasteiger charge is 2.16. The Morgan fingerprint density at radius 3 is 2.56 bits per heavy atom. The molecule has 0 aliphatic rings. The van der Waals surface area contributed by atoms with Gasteiger partial charge in [0.05, 0.1) is 12.0 Å². The minimum absolute atomic E-state index is 0.107. The maximum atomic E-state index is 12.8. The molecule has 140 valence electrons. The van der Waals surface area contributed by atoms with E-state index in [4.69, 9.17) is 4.74 Å². The highest BCUT2D eigenvalue weighted by atomic mass is 16.5. The van der Waals surface area contributed by atoms with Gasteiger partial charge < -0.3 is 14.6 Å². The lowest BCUT2D eigenvalue weighted by Gasteiger charge is -2.13. The molecule has 0 unspecified atom stereocenters. The van der Waals surface area contributed by atoms with Crippen LogP contribution >= 0.6 is 0 Å².